The van der Waals surface area contributed by atoms with E-state index in [4.69, 9.17) is 11.6 Å². The molecule has 1 N–H and O–H groups in total. The van der Waals surface area contributed by atoms with Crippen LogP contribution in [0.3, 0.4) is 0 Å². The summed E-state index contributed by atoms with van der Waals surface area (Å²) >= 11 is 7.62. The van der Waals surface area contributed by atoms with Gasteiger partial charge in [0.05, 0.1) is 16.4 Å². The van der Waals surface area contributed by atoms with Gasteiger partial charge in [0.2, 0.25) is 0 Å². The Morgan fingerprint density at radius 1 is 1.19 bits per heavy atom. The van der Waals surface area contributed by atoms with Crippen LogP contribution in [0.25, 0.3) is 16.9 Å². The summed E-state index contributed by atoms with van der Waals surface area (Å²) < 4.78 is 1.62. The lowest BCUT2D eigenvalue weighted by Gasteiger charge is -2.07. The summed E-state index contributed by atoms with van der Waals surface area (Å²) in [4.78, 5) is 22.0. The van der Waals surface area contributed by atoms with Crippen molar-refractivity contribution < 1.29 is 4.79 Å². The van der Waals surface area contributed by atoms with Crippen molar-refractivity contribution in [2.45, 2.75) is 13.8 Å². The number of aryl methyl sites for hydroxylation is 2. The fourth-order valence-corrected chi connectivity index (χ4v) is 3.51. The molecule has 0 bridgehead atoms. The molecule has 26 heavy (non-hydrogen) atoms. The van der Waals surface area contributed by atoms with Crippen LogP contribution in [0.4, 0.5) is 5.82 Å². The largest absolute Gasteiger partial charge is 0.303 e. The molecule has 0 saturated heterocycles. The van der Waals surface area contributed by atoms with Crippen molar-refractivity contribution in [3.63, 3.8) is 0 Å². The zero-order valence-electron chi connectivity index (χ0n) is 14.0. The number of imidazole rings is 1. The number of carbonyl (C=O) groups excluding carboxylic acids is 1. The molecular formula is C18H14ClN5OS. The molecule has 0 atom stereocenters. The van der Waals surface area contributed by atoms with E-state index in [0.717, 1.165) is 10.4 Å². The number of aromatic nitrogens is 4. The smallest absolute Gasteiger partial charge is 0.285 e. The van der Waals surface area contributed by atoms with Gasteiger partial charge in [-0.1, -0.05) is 29.8 Å². The summed E-state index contributed by atoms with van der Waals surface area (Å²) in [6, 6.07) is 11.2. The van der Waals surface area contributed by atoms with Crippen LogP contribution >= 0.6 is 22.9 Å². The maximum absolute atomic E-state index is 12.5. The van der Waals surface area contributed by atoms with Crippen LogP contribution in [0.15, 0.2) is 42.6 Å². The predicted octanol–water partition coefficient (Wildman–Crippen LogP) is 4.38. The van der Waals surface area contributed by atoms with Crippen molar-refractivity contribution in [2.75, 3.05) is 5.32 Å². The number of nitrogens with one attached hydrogen (secondary N) is 1. The Kier molecular flexibility index (Phi) is 4.18. The molecule has 1 amide bonds. The molecule has 4 rings (SSSR count). The number of amides is 1. The molecule has 6 nitrogen and oxygen atoms in total. The van der Waals surface area contributed by atoms with E-state index in [2.05, 4.69) is 20.4 Å². The van der Waals surface area contributed by atoms with E-state index in [1.807, 2.05) is 50.2 Å². The van der Waals surface area contributed by atoms with E-state index in [1.54, 1.807) is 10.7 Å². The number of anilines is 1. The Bertz CT molecular complexity index is 1130. The fourth-order valence-electron chi connectivity index (χ4n) is 2.62. The van der Waals surface area contributed by atoms with Crippen molar-refractivity contribution in [2.24, 2.45) is 0 Å². The van der Waals surface area contributed by atoms with Gasteiger partial charge < -0.3 is 5.32 Å². The minimum Gasteiger partial charge on any atom is -0.303 e. The first-order valence-corrected chi connectivity index (χ1v) is 9.07. The van der Waals surface area contributed by atoms with E-state index < -0.39 is 0 Å². The third-order valence-corrected chi connectivity index (χ3v) is 5.09. The van der Waals surface area contributed by atoms with Crippen molar-refractivity contribution >= 4 is 40.3 Å². The highest BCUT2D eigenvalue weighted by Crippen LogP contribution is 2.27. The molecule has 0 aliphatic rings. The summed E-state index contributed by atoms with van der Waals surface area (Å²) in [5, 5.41) is 8.50. The van der Waals surface area contributed by atoms with Gasteiger partial charge in [-0.2, -0.15) is 9.61 Å². The molecule has 0 fully saturated rings. The van der Waals surface area contributed by atoms with Gasteiger partial charge in [0.25, 0.3) is 5.91 Å². The minimum atomic E-state index is -0.280. The maximum Gasteiger partial charge on any atom is 0.285 e. The zero-order chi connectivity index (χ0) is 18.3. The summed E-state index contributed by atoms with van der Waals surface area (Å²) in [7, 11) is 0. The highest BCUT2D eigenvalue weighted by atomic mass is 35.5. The Morgan fingerprint density at radius 2 is 2.00 bits per heavy atom. The molecule has 3 aromatic heterocycles. The minimum absolute atomic E-state index is 0.280. The quantitative estimate of drug-likeness (QED) is 0.570. The average molecular weight is 384 g/mol. The van der Waals surface area contributed by atoms with Crippen molar-refractivity contribution in [1.82, 2.24) is 19.6 Å². The molecule has 130 valence electrons. The van der Waals surface area contributed by atoms with Crippen LogP contribution in [-0.2, 0) is 0 Å². The standard InChI is InChI=1S/C18H14ClN5OS/c1-10-9-20-18(26-10)17(25)22-16-11(2)21-15-8-7-14(23-24(15)16)12-5-3-4-6-13(12)19/h3-9H,1-2H3,(H,22,25). The lowest BCUT2D eigenvalue weighted by molar-refractivity contribution is 0.102. The maximum atomic E-state index is 12.5. The highest BCUT2D eigenvalue weighted by Gasteiger charge is 2.17. The molecule has 8 heteroatoms. The molecule has 0 spiro atoms. The number of nitrogens with zero attached hydrogens (tertiary/aromatic N) is 4. The van der Waals surface area contributed by atoms with Crippen LogP contribution < -0.4 is 5.32 Å². The summed E-state index contributed by atoms with van der Waals surface area (Å²) in [6.45, 7) is 3.73. The zero-order valence-corrected chi connectivity index (χ0v) is 15.6. The first-order chi connectivity index (χ1) is 12.5. The molecule has 1 aromatic carbocycles. The van der Waals surface area contributed by atoms with Crippen LogP contribution in [-0.4, -0.2) is 25.5 Å². The van der Waals surface area contributed by atoms with Crippen LogP contribution in [0.2, 0.25) is 5.02 Å². The van der Waals surface area contributed by atoms with Crippen molar-refractivity contribution in [1.29, 1.82) is 0 Å². The highest BCUT2D eigenvalue weighted by molar-refractivity contribution is 7.13. The number of benzene rings is 1. The van der Waals surface area contributed by atoms with Crippen LogP contribution in [0, 0.1) is 13.8 Å². The summed E-state index contributed by atoms with van der Waals surface area (Å²) in [5.74, 6) is 0.240. The van der Waals surface area contributed by atoms with Crippen molar-refractivity contribution in [3.8, 4) is 11.3 Å². The molecule has 0 radical (unpaired) electrons. The number of rotatable bonds is 3. The van der Waals surface area contributed by atoms with Crippen LogP contribution in [0.5, 0.6) is 0 Å². The molecule has 0 aliphatic heterocycles. The number of hydrogen-bond donors (Lipinski definition) is 1. The SMILES string of the molecule is Cc1cnc(C(=O)Nc2c(C)nc3ccc(-c4ccccc4Cl)nn23)s1. The third-order valence-electron chi connectivity index (χ3n) is 3.85. The number of thiazole rings is 1. The molecule has 0 aliphatic carbocycles. The Hall–Kier alpha value is -2.77. The molecular weight excluding hydrogens is 370 g/mol. The van der Waals surface area contributed by atoms with Gasteiger partial charge in [-0.3, -0.25) is 4.79 Å². The van der Waals surface area contributed by atoms with Gasteiger partial charge in [-0.05, 0) is 32.0 Å². The third kappa shape index (κ3) is 2.95. The van der Waals surface area contributed by atoms with E-state index >= 15 is 0 Å². The van der Waals surface area contributed by atoms with Gasteiger partial charge in [0.1, 0.15) is 0 Å². The van der Waals surface area contributed by atoms with E-state index in [0.29, 0.717) is 32.9 Å². The van der Waals surface area contributed by atoms with Gasteiger partial charge in [0.15, 0.2) is 16.5 Å². The monoisotopic (exact) mass is 383 g/mol. The Balaban J connectivity index is 1.77. The fraction of sp³-hybridized carbons (Fsp3) is 0.111. The Morgan fingerprint density at radius 3 is 2.73 bits per heavy atom. The van der Waals surface area contributed by atoms with E-state index in [1.165, 1.54) is 11.3 Å². The second-order valence-electron chi connectivity index (χ2n) is 5.74. The molecule has 3 heterocycles. The lowest BCUT2D eigenvalue weighted by atomic mass is 10.1. The van der Waals surface area contributed by atoms with E-state index in [9.17, 15) is 4.79 Å². The number of halogens is 1. The summed E-state index contributed by atoms with van der Waals surface area (Å²) in [6.07, 6.45) is 1.68. The predicted molar refractivity (Wildman–Crippen MR) is 103 cm³/mol. The van der Waals surface area contributed by atoms with Gasteiger partial charge in [-0.25, -0.2) is 9.97 Å². The average Bonchev–Trinajstić information content (AvgIpc) is 3.19. The molecule has 0 saturated carbocycles. The van der Waals surface area contributed by atoms with Gasteiger partial charge in [-0.15, -0.1) is 11.3 Å². The normalized spacial score (nSPS) is 11.0. The lowest BCUT2D eigenvalue weighted by Crippen LogP contribution is -2.14. The summed E-state index contributed by atoms with van der Waals surface area (Å²) in [5.41, 5.74) is 2.83. The van der Waals surface area contributed by atoms with Gasteiger partial charge >= 0.3 is 0 Å². The first-order valence-electron chi connectivity index (χ1n) is 7.88. The number of hydrogen-bond acceptors (Lipinski definition) is 5. The Labute approximate surface area is 158 Å². The van der Waals surface area contributed by atoms with Crippen LogP contribution in [0.1, 0.15) is 20.4 Å². The van der Waals surface area contributed by atoms with E-state index in [-0.39, 0.29) is 5.91 Å². The van der Waals surface area contributed by atoms with Gasteiger partial charge in [0, 0.05) is 16.6 Å². The second kappa shape index (κ2) is 6.51. The first kappa shape index (κ1) is 16.7. The number of fused-ring (bicyclic) bond motifs is 1. The second-order valence-corrected chi connectivity index (χ2v) is 7.39. The number of carbonyl (C=O) groups is 1. The molecule has 0 unspecified atom stereocenters. The van der Waals surface area contributed by atoms with Crippen molar-refractivity contribution in [3.05, 3.63) is 63.2 Å². The molecule has 4 aromatic rings. The topological polar surface area (TPSA) is 72.2 Å².